The van der Waals surface area contributed by atoms with Gasteiger partial charge in [0.15, 0.2) is 5.96 Å². The normalized spacial score (nSPS) is 11.1. The molecule has 7 nitrogen and oxygen atoms in total. The SMILES string of the molecule is CCNC(=NCc1ccc(NC(=O)C(C)C)cc1)NCCCOCCOC.I. The standard InChI is InChI=1S/C20H34N4O3.HI/c1-5-21-20(22-11-6-12-27-14-13-26-4)23-15-17-7-9-18(10-8-17)24-19(25)16(2)3;/h7-10,16H,5-6,11-15H2,1-4H3,(H,24,25)(H2,21,22,23);1H. The number of nitrogens with one attached hydrogen (secondary N) is 3. The average Bonchev–Trinajstić information content (AvgIpc) is 2.66. The van der Waals surface area contributed by atoms with Gasteiger partial charge in [-0.15, -0.1) is 24.0 Å². The smallest absolute Gasteiger partial charge is 0.226 e. The van der Waals surface area contributed by atoms with Crippen molar-refractivity contribution in [3.8, 4) is 0 Å². The second-order valence-corrected chi connectivity index (χ2v) is 6.42. The summed E-state index contributed by atoms with van der Waals surface area (Å²) in [6.45, 7) is 9.89. The lowest BCUT2D eigenvalue weighted by Crippen LogP contribution is -2.38. The van der Waals surface area contributed by atoms with Crippen molar-refractivity contribution in [3.63, 3.8) is 0 Å². The third-order valence-corrected chi connectivity index (χ3v) is 3.70. The number of ether oxygens (including phenoxy) is 2. The number of halogens is 1. The molecule has 8 heteroatoms. The summed E-state index contributed by atoms with van der Waals surface area (Å²) in [5.41, 5.74) is 1.89. The second kappa shape index (κ2) is 16.6. The van der Waals surface area contributed by atoms with Gasteiger partial charge in [-0.1, -0.05) is 26.0 Å². The van der Waals surface area contributed by atoms with Gasteiger partial charge in [-0.25, -0.2) is 4.99 Å². The number of carbonyl (C=O) groups excluding carboxylic acids is 1. The summed E-state index contributed by atoms with van der Waals surface area (Å²) in [5.74, 6) is 0.769. The number of benzene rings is 1. The van der Waals surface area contributed by atoms with Crippen molar-refractivity contribution in [2.45, 2.75) is 33.7 Å². The number of hydrogen-bond donors (Lipinski definition) is 3. The molecule has 160 valence electrons. The van der Waals surface area contributed by atoms with Crippen molar-refractivity contribution in [1.82, 2.24) is 10.6 Å². The van der Waals surface area contributed by atoms with Gasteiger partial charge in [0.25, 0.3) is 0 Å². The number of anilines is 1. The quantitative estimate of drug-likeness (QED) is 0.176. The number of nitrogens with zero attached hydrogens (tertiary/aromatic N) is 1. The zero-order valence-electron chi connectivity index (χ0n) is 17.4. The van der Waals surface area contributed by atoms with Crippen LogP contribution in [0, 0.1) is 5.92 Å². The molecular weight excluding hydrogens is 471 g/mol. The van der Waals surface area contributed by atoms with Crippen LogP contribution in [0.3, 0.4) is 0 Å². The molecule has 0 radical (unpaired) electrons. The number of carbonyl (C=O) groups is 1. The molecule has 28 heavy (non-hydrogen) atoms. The molecule has 0 aromatic heterocycles. The molecular formula is C20H35IN4O3. The van der Waals surface area contributed by atoms with Crippen LogP contribution in [-0.4, -0.2) is 51.9 Å². The predicted molar refractivity (Wildman–Crippen MR) is 125 cm³/mol. The molecule has 1 rings (SSSR count). The van der Waals surface area contributed by atoms with Gasteiger partial charge in [-0.3, -0.25) is 4.79 Å². The minimum absolute atomic E-state index is 0. The van der Waals surface area contributed by atoms with Crippen LogP contribution >= 0.6 is 24.0 Å². The Balaban J connectivity index is 0.00000729. The van der Waals surface area contributed by atoms with Crippen LogP contribution in [0.15, 0.2) is 29.3 Å². The Morgan fingerprint density at radius 1 is 1.11 bits per heavy atom. The summed E-state index contributed by atoms with van der Waals surface area (Å²) < 4.78 is 10.4. The third kappa shape index (κ3) is 12.1. The largest absolute Gasteiger partial charge is 0.382 e. The highest BCUT2D eigenvalue weighted by molar-refractivity contribution is 14.0. The number of hydrogen-bond acceptors (Lipinski definition) is 4. The van der Waals surface area contributed by atoms with Crippen molar-refractivity contribution < 1.29 is 14.3 Å². The maximum Gasteiger partial charge on any atom is 0.226 e. The molecule has 1 aromatic carbocycles. The van der Waals surface area contributed by atoms with E-state index in [4.69, 9.17) is 9.47 Å². The van der Waals surface area contributed by atoms with E-state index in [1.54, 1.807) is 7.11 Å². The van der Waals surface area contributed by atoms with Crippen LogP contribution in [0.1, 0.15) is 32.8 Å². The van der Waals surface area contributed by atoms with Crippen molar-refractivity contribution in [3.05, 3.63) is 29.8 Å². The van der Waals surface area contributed by atoms with Crippen molar-refractivity contribution in [2.24, 2.45) is 10.9 Å². The van der Waals surface area contributed by atoms with Crippen LogP contribution in [0.4, 0.5) is 5.69 Å². The first-order valence-corrected chi connectivity index (χ1v) is 9.55. The van der Waals surface area contributed by atoms with Gasteiger partial charge in [0.2, 0.25) is 5.91 Å². The number of methoxy groups -OCH3 is 1. The fraction of sp³-hybridized carbons (Fsp3) is 0.600. The van der Waals surface area contributed by atoms with Crippen LogP contribution < -0.4 is 16.0 Å². The van der Waals surface area contributed by atoms with Gasteiger partial charge in [-0.2, -0.15) is 0 Å². The highest BCUT2D eigenvalue weighted by Gasteiger charge is 2.06. The van der Waals surface area contributed by atoms with Crippen LogP contribution in [-0.2, 0) is 20.8 Å². The first-order chi connectivity index (χ1) is 13.1. The highest BCUT2D eigenvalue weighted by Crippen LogP contribution is 2.11. The lowest BCUT2D eigenvalue weighted by Gasteiger charge is -2.12. The molecule has 0 spiro atoms. The van der Waals surface area contributed by atoms with E-state index in [9.17, 15) is 4.79 Å². The van der Waals surface area contributed by atoms with E-state index in [1.165, 1.54) is 0 Å². The minimum atomic E-state index is -0.0339. The van der Waals surface area contributed by atoms with Gasteiger partial charge >= 0.3 is 0 Å². The highest BCUT2D eigenvalue weighted by atomic mass is 127. The Morgan fingerprint density at radius 3 is 2.43 bits per heavy atom. The molecule has 0 fully saturated rings. The van der Waals surface area contributed by atoms with E-state index in [0.717, 1.165) is 36.7 Å². The molecule has 0 aliphatic rings. The van der Waals surface area contributed by atoms with Gasteiger partial charge in [0, 0.05) is 38.4 Å². The molecule has 3 N–H and O–H groups in total. The molecule has 0 saturated carbocycles. The van der Waals surface area contributed by atoms with Gasteiger partial charge in [-0.05, 0) is 31.0 Å². The Kier molecular flexibility index (Phi) is 15.7. The molecule has 1 amide bonds. The summed E-state index contributed by atoms with van der Waals surface area (Å²) in [6, 6.07) is 7.77. The van der Waals surface area contributed by atoms with E-state index in [-0.39, 0.29) is 35.8 Å². The lowest BCUT2D eigenvalue weighted by molar-refractivity contribution is -0.118. The van der Waals surface area contributed by atoms with Gasteiger partial charge < -0.3 is 25.4 Å². The Labute approximate surface area is 186 Å². The maximum atomic E-state index is 11.7. The van der Waals surface area contributed by atoms with Gasteiger partial charge in [0.1, 0.15) is 0 Å². The number of aliphatic imine (C=N–C) groups is 1. The molecule has 0 unspecified atom stereocenters. The third-order valence-electron chi connectivity index (χ3n) is 3.70. The maximum absolute atomic E-state index is 11.7. The predicted octanol–water partition coefficient (Wildman–Crippen LogP) is 3.01. The summed E-state index contributed by atoms with van der Waals surface area (Å²) in [4.78, 5) is 16.3. The first-order valence-electron chi connectivity index (χ1n) is 9.55. The fourth-order valence-electron chi connectivity index (χ4n) is 2.12. The number of rotatable bonds is 12. The average molecular weight is 506 g/mol. The first kappa shape index (κ1) is 26.6. The van der Waals surface area contributed by atoms with Crippen molar-refractivity contribution in [2.75, 3.05) is 45.3 Å². The summed E-state index contributed by atoms with van der Waals surface area (Å²) in [5, 5.41) is 9.42. The zero-order chi connectivity index (χ0) is 19.9. The number of amides is 1. The van der Waals surface area contributed by atoms with E-state index >= 15 is 0 Å². The molecule has 1 aromatic rings. The molecule has 0 saturated heterocycles. The zero-order valence-corrected chi connectivity index (χ0v) is 19.7. The molecule has 0 aliphatic carbocycles. The Bertz CT molecular complexity index is 565. The van der Waals surface area contributed by atoms with Crippen LogP contribution in [0.5, 0.6) is 0 Å². The van der Waals surface area contributed by atoms with E-state index < -0.39 is 0 Å². The summed E-state index contributed by atoms with van der Waals surface area (Å²) in [6.07, 6.45) is 0.901. The van der Waals surface area contributed by atoms with Gasteiger partial charge in [0.05, 0.1) is 19.8 Å². The van der Waals surface area contributed by atoms with Crippen molar-refractivity contribution >= 4 is 41.5 Å². The van der Waals surface area contributed by atoms with E-state index in [1.807, 2.05) is 45.0 Å². The summed E-state index contributed by atoms with van der Waals surface area (Å²) in [7, 11) is 1.67. The molecule has 0 heterocycles. The second-order valence-electron chi connectivity index (χ2n) is 6.42. The van der Waals surface area contributed by atoms with E-state index in [2.05, 4.69) is 20.9 Å². The Morgan fingerprint density at radius 2 is 1.82 bits per heavy atom. The summed E-state index contributed by atoms with van der Waals surface area (Å²) >= 11 is 0. The monoisotopic (exact) mass is 506 g/mol. The van der Waals surface area contributed by atoms with Crippen LogP contribution in [0.2, 0.25) is 0 Å². The van der Waals surface area contributed by atoms with E-state index in [0.29, 0.717) is 26.4 Å². The topological polar surface area (TPSA) is 84.0 Å². The lowest BCUT2D eigenvalue weighted by atomic mass is 10.2. The minimum Gasteiger partial charge on any atom is -0.382 e. The van der Waals surface area contributed by atoms with Crippen molar-refractivity contribution in [1.29, 1.82) is 0 Å². The Hall–Kier alpha value is -1.39. The number of guanidine groups is 1. The molecule has 0 atom stereocenters. The van der Waals surface area contributed by atoms with Crippen LogP contribution in [0.25, 0.3) is 0 Å². The molecule has 0 bridgehead atoms. The fourth-order valence-corrected chi connectivity index (χ4v) is 2.12. The molecule has 0 aliphatic heterocycles.